The van der Waals surface area contributed by atoms with Crippen molar-refractivity contribution in [1.82, 2.24) is 18.3 Å². The van der Waals surface area contributed by atoms with E-state index in [1.165, 1.54) is 126 Å². The molecule has 0 fully saturated rings. The van der Waals surface area contributed by atoms with Crippen LogP contribution in [0.4, 0.5) is 0 Å². The summed E-state index contributed by atoms with van der Waals surface area (Å²) in [4.78, 5) is 0. The van der Waals surface area contributed by atoms with E-state index in [1.807, 2.05) is 0 Å². The molecule has 0 aliphatic heterocycles. The predicted molar refractivity (Wildman–Crippen MR) is 352 cm³/mol. The first-order valence-corrected chi connectivity index (χ1v) is 28.7. The Morgan fingerprint density at radius 1 is 0.181 bits per heavy atom. The lowest BCUT2D eigenvalue weighted by Crippen LogP contribution is -2.51. The third kappa shape index (κ3) is 7.34. The zero-order chi connectivity index (χ0) is 54.5. The molecule has 0 aliphatic rings. The van der Waals surface area contributed by atoms with Crippen LogP contribution in [0.25, 0.3) is 132 Å². The molecule has 0 amide bonds. The number of benzene rings is 13. The van der Waals surface area contributed by atoms with Crippen molar-refractivity contribution in [3.8, 4) is 45.0 Å². The smallest absolute Gasteiger partial charge is 0.241 e. The van der Waals surface area contributed by atoms with Crippen molar-refractivity contribution in [2.75, 3.05) is 0 Å². The number of aromatic nitrogens is 4. The summed E-state index contributed by atoms with van der Waals surface area (Å²) >= 11 is 0. The van der Waals surface area contributed by atoms with Gasteiger partial charge in [-0.05, 0) is 95.1 Å². The van der Waals surface area contributed by atoms with Crippen molar-refractivity contribution < 1.29 is 0 Å². The van der Waals surface area contributed by atoms with E-state index in [2.05, 4.69) is 328 Å². The van der Waals surface area contributed by atoms with Crippen LogP contribution in [0, 0.1) is 0 Å². The lowest BCUT2D eigenvalue weighted by atomic mass is 9.37. The summed E-state index contributed by atoms with van der Waals surface area (Å²) in [6.45, 7) is 0.0322. The molecule has 13 aromatic carbocycles. The molecule has 0 unspecified atom stereocenters. The molecular formula is C78H51BN4. The molecule has 0 radical (unpaired) electrons. The van der Waals surface area contributed by atoms with Gasteiger partial charge >= 0.3 is 0 Å². The van der Waals surface area contributed by atoms with Gasteiger partial charge in [0.05, 0.1) is 44.1 Å². The van der Waals surface area contributed by atoms with Crippen molar-refractivity contribution in [2.24, 2.45) is 0 Å². The Hall–Kier alpha value is -10.9. The maximum atomic E-state index is 2.49. The van der Waals surface area contributed by atoms with Crippen molar-refractivity contribution in [2.45, 2.75) is 0 Å². The number of rotatable bonds is 9. The van der Waals surface area contributed by atoms with Crippen molar-refractivity contribution in [1.29, 1.82) is 0 Å². The van der Waals surface area contributed by atoms with Gasteiger partial charge in [-0.25, -0.2) is 0 Å². The van der Waals surface area contributed by atoms with Crippen molar-refractivity contribution >= 4 is 110 Å². The largest absolute Gasteiger partial charge is 0.307 e. The Morgan fingerprint density at radius 2 is 0.458 bits per heavy atom. The van der Waals surface area contributed by atoms with Crippen LogP contribution in [0.1, 0.15) is 0 Å². The summed E-state index contributed by atoms with van der Waals surface area (Å²) in [5, 5.41) is 9.93. The number of hydrogen-bond donors (Lipinski definition) is 0. The molecule has 4 heterocycles. The van der Waals surface area contributed by atoms with E-state index in [1.54, 1.807) is 0 Å². The predicted octanol–water partition coefficient (Wildman–Crippen LogP) is 17.9. The topological polar surface area (TPSA) is 19.7 Å². The molecule has 17 rings (SSSR count). The second kappa shape index (κ2) is 18.9. The normalized spacial score (nSPS) is 11.9. The van der Waals surface area contributed by atoms with E-state index < -0.39 is 0 Å². The van der Waals surface area contributed by atoms with E-state index in [-0.39, 0.29) is 6.71 Å². The fourth-order valence-electron chi connectivity index (χ4n) is 13.8. The number of nitrogens with zero attached hydrogens (tertiary/aromatic N) is 4. The summed E-state index contributed by atoms with van der Waals surface area (Å²) in [6, 6.07) is 114. The summed E-state index contributed by atoms with van der Waals surface area (Å²) in [5.41, 5.74) is 22.6. The van der Waals surface area contributed by atoms with Gasteiger partial charge in [0.15, 0.2) is 0 Å². The molecule has 17 aromatic rings. The second-order valence-electron chi connectivity index (χ2n) is 22.0. The molecule has 0 N–H and O–H groups in total. The number of hydrogen-bond acceptors (Lipinski definition) is 0. The number of fused-ring (bicyclic) bond motifs is 14. The van der Waals surface area contributed by atoms with Crippen LogP contribution < -0.4 is 16.4 Å². The molecule has 0 aliphatic carbocycles. The molecule has 0 atom stereocenters. The van der Waals surface area contributed by atoms with Crippen LogP contribution in [0.2, 0.25) is 0 Å². The first-order chi connectivity index (χ1) is 41.2. The zero-order valence-electron chi connectivity index (χ0n) is 45.3. The van der Waals surface area contributed by atoms with Crippen molar-refractivity contribution in [3.05, 3.63) is 309 Å². The standard InChI is InChI=1S/C78H51BN4/c1-4-22-56(23-5-1)79(57-42-38-52(39-43-57)54-20-18-28-61(50-54)82-73-36-16-12-32-65(73)69-48-46-67-63-30-10-14-34-71(63)80(75(67)77(69)82)59-24-6-2-7-25-59)58-44-40-53(41-45-58)55-21-19-29-62(51-55)83-74-37-17-13-33-66(74)70-49-47-68-64-31-11-15-35-72(64)81(76(68)78(70)83)60-26-8-3-9-27-60/h1-51H. The summed E-state index contributed by atoms with van der Waals surface area (Å²) < 4.78 is 9.89. The van der Waals surface area contributed by atoms with E-state index in [0.717, 1.165) is 22.7 Å². The lowest BCUT2D eigenvalue weighted by molar-refractivity contribution is 1.15. The van der Waals surface area contributed by atoms with E-state index in [0.29, 0.717) is 0 Å². The van der Waals surface area contributed by atoms with Crippen LogP contribution in [0.15, 0.2) is 309 Å². The van der Waals surface area contributed by atoms with Gasteiger partial charge in [-0.3, -0.25) is 0 Å². The molecule has 386 valence electrons. The summed E-state index contributed by atoms with van der Waals surface area (Å²) in [5.74, 6) is 0. The van der Waals surface area contributed by atoms with Crippen LogP contribution in [-0.4, -0.2) is 25.0 Å². The van der Waals surface area contributed by atoms with E-state index in [9.17, 15) is 0 Å². The molecular weight excluding hydrogens is 1000 g/mol. The second-order valence-corrected chi connectivity index (χ2v) is 22.0. The molecule has 0 saturated heterocycles. The SMILES string of the molecule is c1ccc(B(c2ccc(-c3cccc(-n4c5ccccc5c5ccc6c7ccccc7n(-c7ccccc7)c6c54)c3)cc2)c2ccc(-c3cccc(-n4c5ccccc5c5ccc6c7ccccc7n(-c7ccccc7)c6c54)c3)cc2)cc1. The summed E-state index contributed by atoms with van der Waals surface area (Å²) in [6.07, 6.45) is 0. The van der Waals surface area contributed by atoms with Gasteiger partial charge in [0.25, 0.3) is 0 Å². The van der Waals surface area contributed by atoms with Gasteiger partial charge in [-0.15, -0.1) is 0 Å². The average Bonchev–Trinajstić information content (AvgIpc) is 2.06. The fourth-order valence-corrected chi connectivity index (χ4v) is 13.8. The lowest BCUT2D eigenvalue weighted by Gasteiger charge is -2.17. The Bertz CT molecular complexity index is 5040. The van der Waals surface area contributed by atoms with Gasteiger partial charge in [-0.2, -0.15) is 0 Å². The molecule has 0 spiro atoms. The van der Waals surface area contributed by atoms with Crippen LogP contribution in [0.5, 0.6) is 0 Å². The van der Waals surface area contributed by atoms with Gasteiger partial charge in [-0.1, -0.05) is 253 Å². The van der Waals surface area contributed by atoms with E-state index >= 15 is 0 Å². The molecule has 0 saturated carbocycles. The van der Waals surface area contributed by atoms with Crippen LogP contribution in [-0.2, 0) is 0 Å². The third-order valence-electron chi connectivity index (χ3n) is 17.5. The minimum absolute atomic E-state index is 0.0322. The Balaban J connectivity index is 0.747. The quantitative estimate of drug-likeness (QED) is 0.128. The van der Waals surface area contributed by atoms with Gasteiger partial charge in [0.2, 0.25) is 6.71 Å². The first-order valence-electron chi connectivity index (χ1n) is 28.7. The fraction of sp³-hybridized carbons (Fsp3) is 0. The maximum Gasteiger partial charge on any atom is 0.241 e. The van der Waals surface area contributed by atoms with Crippen LogP contribution in [0.3, 0.4) is 0 Å². The molecule has 0 bridgehead atoms. The minimum Gasteiger partial charge on any atom is -0.307 e. The maximum absolute atomic E-state index is 2.49. The summed E-state index contributed by atoms with van der Waals surface area (Å²) in [7, 11) is 0. The monoisotopic (exact) mass is 1050 g/mol. The van der Waals surface area contributed by atoms with Gasteiger partial charge < -0.3 is 18.3 Å². The highest BCUT2D eigenvalue weighted by molar-refractivity contribution is 6.95. The van der Waals surface area contributed by atoms with Crippen LogP contribution >= 0.6 is 0 Å². The molecule has 4 aromatic heterocycles. The number of para-hydroxylation sites is 6. The Kier molecular flexibility index (Phi) is 10.7. The Morgan fingerprint density at radius 3 is 0.807 bits per heavy atom. The van der Waals surface area contributed by atoms with Gasteiger partial charge in [0.1, 0.15) is 0 Å². The third-order valence-corrected chi connectivity index (χ3v) is 17.5. The molecule has 4 nitrogen and oxygen atoms in total. The minimum atomic E-state index is 0.0322. The molecule has 83 heavy (non-hydrogen) atoms. The Labute approximate surface area is 480 Å². The average molecular weight is 1060 g/mol. The van der Waals surface area contributed by atoms with Crippen molar-refractivity contribution in [3.63, 3.8) is 0 Å². The van der Waals surface area contributed by atoms with Gasteiger partial charge in [0, 0.05) is 65.8 Å². The first kappa shape index (κ1) is 47.0. The molecule has 5 heteroatoms. The highest BCUT2D eigenvalue weighted by atomic mass is 15.1. The van der Waals surface area contributed by atoms with E-state index in [4.69, 9.17) is 0 Å². The zero-order valence-corrected chi connectivity index (χ0v) is 45.3. The highest BCUT2D eigenvalue weighted by Crippen LogP contribution is 2.44. The highest BCUT2D eigenvalue weighted by Gasteiger charge is 2.25.